The molecule has 356 valence electrons. The molecule has 5 nitrogen and oxygen atoms in total. The maximum absolute atomic E-state index is 9.79. The zero-order chi connectivity index (χ0) is 51.4. The molecule has 0 saturated carbocycles. The third kappa shape index (κ3) is 7.57. The molecule has 0 unspecified atom stereocenters. The van der Waals surface area contributed by atoms with Crippen LogP contribution in [-0.2, 0) is 17.2 Å². The number of aromatic nitrogens is 2. The van der Waals surface area contributed by atoms with E-state index in [-0.39, 0.29) is 16.7 Å². The van der Waals surface area contributed by atoms with E-state index in [1.165, 1.54) is 11.1 Å². The average Bonchev–Trinajstić information content (AvgIpc) is 4.09. The molecule has 3 aliphatic heterocycles. The normalized spacial score (nSPS) is 18.0. The second-order valence-corrected chi connectivity index (χ2v) is 22.2. The van der Waals surface area contributed by atoms with Crippen molar-refractivity contribution in [3.63, 3.8) is 0 Å². The molecule has 0 aliphatic carbocycles. The van der Waals surface area contributed by atoms with Crippen molar-refractivity contribution in [1.29, 1.82) is 0 Å². The molecule has 10 aromatic rings. The van der Waals surface area contributed by atoms with Gasteiger partial charge in [0.1, 0.15) is 28.7 Å². The van der Waals surface area contributed by atoms with E-state index < -0.39 is 6.37 Å². The molecule has 0 amide bonds. The number of fused-ring (bicyclic) bond motifs is 3. The lowest BCUT2D eigenvalue weighted by Gasteiger charge is -2.57. The number of rotatable bonds is 10. The zero-order valence-corrected chi connectivity index (χ0v) is 42.6. The number of nitrogens with zero attached hydrogens (tertiary/aromatic N) is 4. The van der Waals surface area contributed by atoms with Crippen molar-refractivity contribution >= 4 is 44.6 Å². The van der Waals surface area contributed by atoms with Crippen LogP contribution in [0.5, 0.6) is 11.5 Å². The summed E-state index contributed by atoms with van der Waals surface area (Å²) in [5, 5.41) is 2.27. The predicted octanol–water partition coefficient (Wildman–Crippen LogP) is 18.1. The Balaban J connectivity index is 1.04. The summed E-state index contributed by atoms with van der Waals surface area (Å²) in [6, 6.07) is 69.2. The van der Waals surface area contributed by atoms with Gasteiger partial charge in [-0.15, -0.1) is 0 Å². The Hall–Kier alpha value is -7.57. The summed E-state index contributed by atoms with van der Waals surface area (Å²) in [6.45, 7) is 20.6. The highest BCUT2D eigenvalue weighted by Crippen LogP contribution is 2.69. The largest absolute Gasteiger partial charge is 0.457 e. The second kappa shape index (κ2) is 17.0. The Kier molecular flexibility index (Phi) is 10.2. The number of hydrogen-bond acceptors (Lipinski definition) is 2. The third-order valence-corrected chi connectivity index (χ3v) is 14.9. The molecule has 0 spiro atoms. The van der Waals surface area contributed by atoms with Crippen LogP contribution in [0.3, 0.4) is 0 Å². The van der Waals surface area contributed by atoms with E-state index in [0.717, 1.165) is 101 Å². The molecule has 5 heterocycles. The summed E-state index contributed by atoms with van der Waals surface area (Å²) >= 11 is 0. The smallest absolute Gasteiger partial charge is 0.186 e. The van der Waals surface area contributed by atoms with Gasteiger partial charge in [0, 0.05) is 60.7 Å². The molecular formula is C67H63N4O+. The molecule has 1 saturated heterocycles. The molecule has 0 radical (unpaired) electrons. The highest BCUT2D eigenvalue weighted by atomic mass is 16.5. The van der Waals surface area contributed by atoms with E-state index in [1.54, 1.807) is 0 Å². The highest BCUT2D eigenvalue weighted by Gasteiger charge is 2.65. The van der Waals surface area contributed by atoms with Crippen LogP contribution >= 0.6 is 0 Å². The van der Waals surface area contributed by atoms with Gasteiger partial charge in [-0.2, -0.15) is 0 Å². The van der Waals surface area contributed by atoms with Gasteiger partial charge in [0.25, 0.3) is 0 Å². The van der Waals surface area contributed by atoms with Gasteiger partial charge in [0.05, 0.1) is 17.7 Å². The van der Waals surface area contributed by atoms with E-state index in [1.807, 2.05) is 26.1 Å². The molecule has 1 fully saturated rings. The lowest BCUT2D eigenvalue weighted by Crippen LogP contribution is -2.67. The molecule has 5 heteroatoms. The van der Waals surface area contributed by atoms with Crippen molar-refractivity contribution in [3.05, 3.63) is 224 Å². The zero-order valence-electron chi connectivity index (χ0n) is 44.6. The first-order chi connectivity index (χ1) is 35.5. The maximum Gasteiger partial charge on any atom is 0.186 e. The fourth-order valence-electron chi connectivity index (χ4n) is 11.4. The number of benzene rings is 8. The van der Waals surface area contributed by atoms with E-state index >= 15 is 0 Å². The standard InChI is InChI=1S/C67H63N4O/c1-45(2)36-50-26-18-29-62-64(50)71(65-56(47-22-14-10-15-23-47)27-19-28-57(65)48-24-16-11-17-25-48)43-70(62,44-71)53-38-52(67(6,7)8)39-55(41-53)72-54-31-32-58-59-37-49(46-20-12-9-13-21-46)30-33-60(59)69(61(58)42-54)63-40-51(34-35-68-63)66(3,4)5/h9-35,37-43,45H,36,44H2,1-8H3/q+1/t70-,71-/m1/s1/i36D2. The van der Waals surface area contributed by atoms with Gasteiger partial charge in [-0.25, -0.2) is 4.98 Å². The highest BCUT2D eigenvalue weighted by molar-refractivity contribution is 6.11. The van der Waals surface area contributed by atoms with Crippen LogP contribution in [0, 0.1) is 12.6 Å². The Morgan fingerprint density at radius 3 is 1.83 bits per heavy atom. The number of quaternary nitrogens is 2. The minimum atomic E-state index is -1.61. The van der Waals surface area contributed by atoms with Crippen molar-refractivity contribution in [1.82, 2.24) is 18.5 Å². The number of hydrogen-bond donors (Lipinski definition) is 0. The van der Waals surface area contributed by atoms with E-state index in [2.05, 4.69) is 241 Å². The van der Waals surface area contributed by atoms with Gasteiger partial charge in [0.2, 0.25) is 0 Å². The number of pyridine rings is 1. The summed E-state index contributed by atoms with van der Waals surface area (Å²) < 4.78 is 29.9. The SMILES string of the molecule is [2H]C([2H])(c1cccc2c1[N@@+]1(c3c(-c4ccccc4)cccc3-c3ccccc3)[CH-][N@+]2(c2cc(Oc3ccc4c5cc(-c6ccccc6)ccc5n(-c5cc(C(C)(C)C)ccn5)c4c3)cc(C(C)(C)C)c2)C1)C(C)C. The first kappa shape index (κ1) is 43.2. The Bertz CT molecular complexity index is 3730. The van der Waals surface area contributed by atoms with Gasteiger partial charge in [-0.1, -0.05) is 171 Å². The molecular weight excluding hydrogens is 877 g/mol. The third-order valence-electron chi connectivity index (χ3n) is 14.9. The van der Waals surface area contributed by atoms with E-state index in [0.29, 0.717) is 15.6 Å². The van der Waals surface area contributed by atoms with Gasteiger partial charge in [-0.3, -0.25) is 13.5 Å². The predicted molar refractivity (Wildman–Crippen MR) is 302 cm³/mol. The lowest BCUT2D eigenvalue weighted by atomic mass is 9.86. The summed E-state index contributed by atoms with van der Waals surface area (Å²) in [6.07, 6.45) is 0.315. The Labute approximate surface area is 428 Å². The van der Waals surface area contributed by atoms with Crippen molar-refractivity contribution in [3.8, 4) is 50.7 Å². The molecule has 2 bridgehead atoms. The summed E-state index contributed by atoms with van der Waals surface area (Å²) in [5.74, 6) is 2.07. The van der Waals surface area contributed by atoms with Gasteiger partial charge in [0.15, 0.2) is 18.0 Å². The van der Waals surface area contributed by atoms with E-state index in [9.17, 15) is 2.74 Å². The van der Waals surface area contributed by atoms with Crippen LogP contribution in [0.4, 0.5) is 22.7 Å². The molecule has 13 rings (SSSR count). The molecule has 2 atom stereocenters. The number of para-hydroxylation sites is 2. The van der Waals surface area contributed by atoms with Crippen molar-refractivity contribution in [2.24, 2.45) is 5.92 Å². The van der Waals surface area contributed by atoms with Gasteiger partial charge in [-0.05, 0) is 111 Å². The minimum Gasteiger partial charge on any atom is -0.457 e. The molecule has 8 aromatic carbocycles. The van der Waals surface area contributed by atoms with Crippen LogP contribution in [0.15, 0.2) is 200 Å². The molecule has 72 heavy (non-hydrogen) atoms. The van der Waals surface area contributed by atoms with E-state index in [4.69, 9.17) is 9.72 Å². The first-order valence-corrected chi connectivity index (χ1v) is 25.4. The Morgan fingerprint density at radius 2 is 1.19 bits per heavy atom. The van der Waals surface area contributed by atoms with Gasteiger partial charge < -0.3 is 4.74 Å². The van der Waals surface area contributed by atoms with Crippen LogP contribution in [0.1, 0.15) is 74.8 Å². The number of ether oxygens (including phenoxy) is 1. The quantitative estimate of drug-likeness (QED) is 0.101. The van der Waals surface area contributed by atoms with Crippen LogP contribution in [0.2, 0.25) is 0 Å². The summed E-state index contributed by atoms with van der Waals surface area (Å²) in [5.41, 5.74) is 16.1. The monoisotopic (exact) mass is 942 g/mol. The molecule has 2 aromatic heterocycles. The fourth-order valence-corrected chi connectivity index (χ4v) is 11.4. The van der Waals surface area contributed by atoms with Crippen LogP contribution in [0.25, 0.3) is 61.0 Å². The maximum atomic E-state index is 9.79. The lowest BCUT2D eigenvalue weighted by molar-refractivity contribution is 0.187. The molecule has 3 aliphatic rings. The van der Waals surface area contributed by atoms with Crippen molar-refractivity contribution in [2.45, 2.75) is 72.6 Å². The van der Waals surface area contributed by atoms with Gasteiger partial charge >= 0.3 is 0 Å². The van der Waals surface area contributed by atoms with Crippen LogP contribution < -0.4 is 13.7 Å². The summed E-state index contributed by atoms with van der Waals surface area (Å²) in [4.78, 5) is 5.01. The summed E-state index contributed by atoms with van der Waals surface area (Å²) in [7, 11) is 0. The minimum absolute atomic E-state index is 0.0633. The fraction of sp³-hybridized carbons (Fsp3) is 0.194. The van der Waals surface area contributed by atoms with Crippen molar-refractivity contribution < 1.29 is 7.48 Å². The van der Waals surface area contributed by atoms with Crippen LogP contribution in [-0.4, -0.2) is 16.2 Å². The average molecular weight is 942 g/mol. The molecule has 0 N–H and O–H groups in total. The van der Waals surface area contributed by atoms with Crippen molar-refractivity contribution in [2.75, 3.05) is 6.67 Å². The topological polar surface area (TPSA) is 27.1 Å². The first-order valence-electron chi connectivity index (χ1n) is 26.4. The Morgan fingerprint density at radius 1 is 0.556 bits per heavy atom. The second-order valence-electron chi connectivity index (χ2n) is 22.2.